The maximum atomic E-state index is 11.6. The van der Waals surface area contributed by atoms with E-state index in [2.05, 4.69) is 4.90 Å². The molecule has 1 aliphatic rings. The molecule has 0 aliphatic carbocycles. The van der Waals surface area contributed by atoms with E-state index < -0.39 is 5.41 Å². The zero-order valence-electron chi connectivity index (χ0n) is 10.9. The van der Waals surface area contributed by atoms with Crippen molar-refractivity contribution in [3.05, 3.63) is 0 Å². The molecule has 17 heavy (non-hydrogen) atoms. The number of nitrogens with zero attached hydrogens (tertiary/aromatic N) is 1. The highest BCUT2D eigenvalue weighted by Gasteiger charge is 2.33. The van der Waals surface area contributed by atoms with E-state index in [-0.39, 0.29) is 11.9 Å². The Labute approximate surface area is 108 Å². The van der Waals surface area contributed by atoms with Gasteiger partial charge in [0.25, 0.3) is 0 Å². The predicted molar refractivity (Wildman–Crippen MR) is 71.7 cm³/mol. The quantitative estimate of drug-likeness (QED) is 0.606. The highest BCUT2D eigenvalue weighted by molar-refractivity contribution is 7.80. The Hall–Kier alpha value is -0.680. The summed E-state index contributed by atoms with van der Waals surface area (Å²) in [6.45, 7) is 6.36. The van der Waals surface area contributed by atoms with Gasteiger partial charge in [-0.25, -0.2) is 0 Å². The van der Waals surface area contributed by atoms with Crippen LogP contribution in [0.5, 0.6) is 0 Å². The van der Waals surface area contributed by atoms with E-state index in [0.717, 1.165) is 25.9 Å². The molecule has 5 heteroatoms. The van der Waals surface area contributed by atoms with E-state index >= 15 is 0 Å². The first-order valence-corrected chi connectivity index (χ1v) is 6.37. The number of ether oxygens (including phenoxy) is 1. The van der Waals surface area contributed by atoms with Gasteiger partial charge >= 0.3 is 5.97 Å². The first-order valence-electron chi connectivity index (χ1n) is 5.97. The molecular weight excluding hydrogens is 236 g/mol. The highest BCUT2D eigenvalue weighted by Crippen LogP contribution is 2.23. The van der Waals surface area contributed by atoms with Gasteiger partial charge in [-0.2, -0.15) is 0 Å². The summed E-state index contributed by atoms with van der Waals surface area (Å²) >= 11 is 5.04. The van der Waals surface area contributed by atoms with Gasteiger partial charge in [0.05, 0.1) is 17.5 Å². The van der Waals surface area contributed by atoms with E-state index in [9.17, 15) is 4.79 Å². The lowest BCUT2D eigenvalue weighted by molar-refractivity contribution is -0.152. The standard InChI is InChI=1S/C12H22N2O2S/c1-12(2,11(15)16-3)8-14-6-4-5-9(7-14)10(13)17/h9H,4-8H2,1-3H3,(H2,13,17). The fraction of sp³-hybridized carbons (Fsp3) is 0.833. The van der Waals surface area contributed by atoms with E-state index in [0.29, 0.717) is 11.5 Å². The molecule has 2 N–H and O–H groups in total. The number of methoxy groups -OCH3 is 1. The molecule has 1 rings (SSSR count). The second-order valence-corrected chi connectivity index (χ2v) is 5.82. The van der Waals surface area contributed by atoms with Crippen molar-refractivity contribution in [2.75, 3.05) is 26.7 Å². The first-order chi connectivity index (χ1) is 7.86. The molecule has 1 unspecified atom stereocenters. The SMILES string of the molecule is COC(=O)C(C)(C)CN1CCCC(C(N)=S)C1. The maximum absolute atomic E-state index is 11.6. The van der Waals surface area contributed by atoms with Gasteiger partial charge < -0.3 is 15.4 Å². The topological polar surface area (TPSA) is 55.6 Å². The van der Waals surface area contributed by atoms with Crippen molar-refractivity contribution in [3.8, 4) is 0 Å². The average molecular weight is 258 g/mol. The fourth-order valence-corrected chi connectivity index (χ4v) is 2.52. The summed E-state index contributed by atoms with van der Waals surface area (Å²) in [7, 11) is 1.43. The summed E-state index contributed by atoms with van der Waals surface area (Å²) in [4.78, 5) is 14.5. The Morgan fingerprint density at radius 2 is 2.24 bits per heavy atom. The number of esters is 1. The Bertz CT molecular complexity index is 305. The van der Waals surface area contributed by atoms with Crippen LogP contribution in [-0.4, -0.2) is 42.6 Å². The summed E-state index contributed by atoms with van der Waals surface area (Å²) in [6, 6.07) is 0. The molecule has 0 aromatic carbocycles. The number of hydrogen-bond donors (Lipinski definition) is 1. The molecule has 1 heterocycles. The number of nitrogens with two attached hydrogens (primary N) is 1. The van der Waals surface area contributed by atoms with Crippen molar-refractivity contribution in [1.82, 2.24) is 4.90 Å². The van der Waals surface area contributed by atoms with Crippen molar-refractivity contribution >= 4 is 23.2 Å². The third-order valence-electron chi connectivity index (χ3n) is 3.26. The molecule has 1 atom stereocenters. The maximum Gasteiger partial charge on any atom is 0.312 e. The number of rotatable bonds is 4. The van der Waals surface area contributed by atoms with Crippen LogP contribution in [0.25, 0.3) is 0 Å². The minimum Gasteiger partial charge on any atom is -0.469 e. The van der Waals surface area contributed by atoms with Crippen LogP contribution in [0.4, 0.5) is 0 Å². The molecule has 1 aliphatic heterocycles. The van der Waals surface area contributed by atoms with E-state index in [1.807, 2.05) is 13.8 Å². The van der Waals surface area contributed by atoms with Crippen molar-refractivity contribution < 1.29 is 9.53 Å². The highest BCUT2D eigenvalue weighted by atomic mass is 32.1. The zero-order chi connectivity index (χ0) is 13.1. The zero-order valence-corrected chi connectivity index (χ0v) is 11.7. The van der Waals surface area contributed by atoms with E-state index in [1.165, 1.54) is 7.11 Å². The number of carbonyl (C=O) groups is 1. The number of carbonyl (C=O) groups excluding carboxylic acids is 1. The van der Waals surface area contributed by atoms with Gasteiger partial charge in [-0.15, -0.1) is 0 Å². The van der Waals surface area contributed by atoms with Crippen LogP contribution < -0.4 is 5.73 Å². The Kier molecular flexibility index (Phi) is 4.89. The largest absolute Gasteiger partial charge is 0.469 e. The molecule has 0 bridgehead atoms. The van der Waals surface area contributed by atoms with Crippen LogP contribution in [0, 0.1) is 11.3 Å². The molecule has 1 fully saturated rings. The second kappa shape index (κ2) is 5.78. The van der Waals surface area contributed by atoms with Crippen LogP contribution >= 0.6 is 12.2 Å². The van der Waals surface area contributed by atoms with Gasteiger partial charge in [0, 0.05) is 19.0 Å². The van der Waals surface area contributed by atoms with Crippen LogP contribution in [0.2, 0.25) is 0 Å². The molecule has 4 nitrogen and oxygen atoms in total. The van der Waals surface area contributed by atoms with Crippen molar-refractivity contribution in [1.29, 1.82) is 0 Å². The lowest BCUT2D eigenvalue weighted by Crippen LogP contribution is -2.46. The van der Waals surface area contributed by atoms with Gasteiger partial charge in [0.15, 0.2) is 0 Å². The van der Waals surface area contributed by atoms with Gasteiger partial charge in [-0.1, -0.05) is 12.2 Å². The first kappa shape index (κ1) is 14.4. The van der Waals surface area contributed by atoms with Crippen LogP contribution in [0.1, 0.15) is 26.7 Å². The minimum absolute atomic E-state index is 0.171. The Morgan fingerprint density at radius 1 is 1.59 bits per heavy atom. The summed E-state index contributed by atoms with van der Waals surface area (Å²) in [5.74, 6) is 0.113. The third-order valence-corrected chi connectivity index (χ3v) is 3.60. The summed E-state index contributed by atoms with van der Waals surface area (Å²) in [5, 5.41) is 0. The average Bonchev–Trinajstić information content (AvgIpc) is 2.27. The number of hydrogen-bond acceptors (Lipinski definition) is 4. The molecule has 0 aromatic rings. The van der Waals surface area contributed by atoms with Gasteiger partial charge in [0.1, 0.15) is 0 Å². The summed E-state index contributed by atoms with van der Waals surface area (Å²) in [5.41, 5.74) is 5.21. The number of likely N-dealkylation sites (tertiary alicyclic amines) is 1. The predicted octanol–water partition coefficient (Wildman–Crippen LogP) is 1.18. The van der Waals surface area contributed by atoms with Gasteiger partial charge in [-0.05, 0) is 33.2 Å². The number of piperidine rings is 1. The molecular formula is C12H22N2O2S. The fourth-order valence-electron chi connectivity index (χ4n) is 2.33. The Balaban J connectivity index is 2.56. The monoisotopic (exact) mass is 258 g/mol. The van der Waals surface area contributed by atoms with Crippen molar-refractivity contribution in [2.45, 2.75) is 26.7 Å². The second-order valence-electron chi connectivity index (χ2n) is 5.35. The third kappa shape index (κ3) is 3.92. The lowest BCUT2D eigenvalue weighted by atomic mass is 9.90. The van der Waals surface area contributed by atoms with Crippen LogP contribution in [0.3, 0.4) is 0 Å². The number of thiocarbonyl (C=S) groups is 1. The normalized spacial score (nSPS) is 22.2. The van der Waals surface area contributed by atoms with Crippen molar-refractivity contribution in [2.24, 2.45) is 17.1 Å². The molecule has 1 saturated heterocycles. The van der Waals surface area contributed by atoms with Crippen LogP contribution in [-0.2, 0) is 9.53 Å². The molecule has 0 spiro atoms. The lowest BCUT2D eigenvalue weighted by Gasteiger charge is -2.36. The van der Waals surface area contributed by atoms with Gasteiger partial charge in [0.2, 0.25) is 0 Å². The molecule has 0 radical (unpaired) electrons. The molecule has 0 amide bonds. The molecule has 0 aromatic heterocycles. The minimum atomic E-state index is -0.479. The van der Waals surface area contributed by atoms with Gasteiger partial charge in [-0.3, -0.25) is 4.79 Å². The van der Waals surface area contributed by atoms with Crippen LogP contribution in [0.15, 0.2) is 0 Å². The molecule has 0 saturated carbocycles. The van der Waals surface area contributed by atoms with E-state index in [1.54, 1.807) is 0 Å². The summed E-state index contributed by atoms with van der Waals surface area (Å²) < 4.78 is 4.81. The smallest absolute Gasteiger partial charge is 0.312 e. The van der Waals surface area contributed by atoms with Crippen molar-refractivity contribution in [3.63, 3.8) is 0 Å². The Morgan fingerprint density at radius 3 is 2.76 bits per heavy atom. The summed E-state index contributed by atoms with van der Waals surface area (Å²) in [6.07, 6.45) is 2.14. The van der Waals surface area contributed by atoms with E-state index in [4.69, 9.17) is 22.7 Å². The molecule has 98 valence electrons.